The summed E-state index contributed by atoms with van der Waals surface area (Å²) in [5.41, 5.74) is 0. The summed E-state index contributed by atoms with van der Waals surface area (Å²) >= 11 is 0. The summed E-state index contributed by atoms with van der Waals surface area (Å²) in [5.74, 6) is -2.66. The second-order valence-electron chi connectivity index (χ2n) is 5.02. The van der Waals surface area contributed by atoms with E-state index in [0.717, 1.165) is 33.1 Å². The number of amides is 1. The zero-order valence-corrected chi connectivity index (χ0v) is 11.5. The minimum absolute atomic E-state index is 0.496. The first kappa shape index (κ1) is 14.9. The molecule has 0 aliphatic carbocycles. The molecule has 18 heavy (non-hydrogen) atoms. The third-order valence-corrected chi connectivity index (χ3v) is 5.67. The highest BCUT2D eigenvalue weighted by atomic mass is 32.2. The number of nitrogens with zero attached hydrogens (tertiary/aromatic N) is 1. The van der Waals surface area contributed by atoms with E-state index in [9.17, 15) is 18.0 Å². The molecule has 0 radical (unpaired) electrons. The molecule has 1 aliphatic heterocycles. The molecule has 0 bridgehead atoms. The first-order chi connectivity index (χ1) is 8.18. The molecule has 1 saturated heterocycles. The maximum absolute atomic E-state index is 11.9. The molecule has 1 aliphatic rings. The minimum atomic E-state index is -4.00. The van der Waals surface area contributed by atoms with Gasteiger partial charge in [-0.2, -0.15) is 0 Å². The number of carboxylic acid groups (broad SMARTS) is 1. The molecule has 1 fully saturated rings. The number of likely N-dealkylation sites (tertiary alicyclic amines) is 1. The third-order valence-electron chi connectivity index (χ3n) is 3.31. The lowest BCUT2D eigenvalue weighted by Gasteiger charge is -2.28. The molecule has 1 N–H and O–H groups in total. The summed E-state index contributed by atoms with van der Waals surface area (Å²) in [6.07, 6.45) is 2.78. The van der Waals surface area contributed by atoms with Crippen molar-refractivity contribution in [2.24, 2.45) is 0 Å². The second-order valence-corrected chi connectivity index (χ2v) is 7.55. The van der Waals surface area contributed by atoms with Crippen molar-refractivity contribution in [3.05, 3.63) is 0 Å². The van der Waals surface area contributed by atoms with Crippen LogP contribution >= 0.6 is 0 Å². The number of hydrogen-bond donors (Lipinski definition) is 1. The molecule has 0 atom stereocenters. The number of sulfone groups is 1. The zero-order chi connectivity index (χ0) is 14.0. The first-order valence-corrected chi connectivity index (χ1v) is 7.57. The van der Waals surface area contributed by atoms with Crippen LogP contribution in [0.2, 0.25) is 0 Å². The van der Waals surface area contributed by atoms with Crippen LogP contribution < -0.4 is 0 Å². The molecule has 7 heteroatoms. The lowest BCUT2D eigenvalue weighted by molar-refractivity contribution is -0.139. The first-order valence-electron chi connectivity index (χ1n) is 5.92. The quantitative estimate of drug-likeness (QED) is 0.796. The van der Waals surface area contributed by atoms with Crippen LogP contribution in [-0.2, 0) is 19.4 Å². The van der Waals surface area contributed by atoms with Gasteiger partial charge in [0.1, 0.15) is 5.75 Å². The largest absolute Gasteiger partial charge is 0.480 e. The van der Waals surface area contributed by atoms with Gasteiger partial charge in [-0.3, -0.25) is 9.59 Å². The van der Waals surface area contributed by atoms with Gasteiger partial charge in [0.15, 0.2) is 14.6 Å². The highest BCUT2D eigenvalue weighted by molar-refractivity contribution is 7.94. The highest BCUT2D eigenvalue weighted by Crippen LogP contribution is 2.19. The van der Waals surface area contributed by atoms with Gasteiger partial charge in [0.05, 0.1) is 0 Å². The van der Waals surface area contributed by atoms with Gasteiger partial charge < -0.3 is 10.0 Å². The van der Waals surface area contributed by atoms with Gasteiger partial charge in [-0.25, -0.2) is 8.42 Å². The van der Waals surface area contributed by atoms with Crippen LogP contribution in [0.3, 0.4) is 0 Å². The summed E-state index contributed by atoms with van der Waals surface area (Å²) in [7, 11) is -4.00. The smallest absolute Gasteiger partial charge is 0.324 e. The Morgan fingerprint density at radius 2 is 1.67 bits per heavy atom. The topological polar surface area (TPSA) is 91.7 Å². The van der Waals surface area contributed by atoms with Gasteiger partial charge in [-0.15, -0.1) is 0 Å². The van der Waals surface area contributed by atoms with Crippen molar-refractivity contribution in [1.82, 2.24) is 4.90 Å². The molecule has 1 rings (SSSR count). The fraction of sp³-hybridized carbons (Fsp3) is 0.818. The Labute approximate surface area is 107 Å². The maximum Gasteiger partial charge on any atom is 0.324 e. The maximum atomic E-state index is 11.9. The van der Waals surface area contributed by atoms with Crippen LogP contribution in [0.15, 0.2) is 0 Å². The molecule has 0 aromatic carbocycles. The molecule has 1 amide bonds. The third kappa shape index (κ3) is 3.01. The fourth-order valence-electron chi connectivity index (χ4n) is 1.71. The fourth-order valence-corrected chi connectivity index (χ4v) is 2.85. The Kier molecular flexibility index (Phi) is 4.37. The van der Waals surface area contributed by atoms with Crippen LogP contribution in [0.1, 0.15) is 33.1 Å². The van der Waals surface area contributed by atoms with E-state index in [1.807, 2.05) is 0 Å². The molecular weight excluding hydrogens is 258 g/mol. The predicted molar refractivity (Wildman–Crippen MR) is 65.9 cm³/mol. The number of piperidine rings is 1. The van der Waals surface area contributed by atoms with E-state index in [0.29, 0.717) is 13.1 Å². The molecule has 0 saturated carbocycles. The van der Waals surface area contributed by atoms with Gasteiger partial charge in [-0.05, 0) is 33.1 Å². The average molecular weight is 277 g/mol. The molecule has 0 aromatic heterocycles. The summed E-state index contributed by atoms with van der Waals surface area (Å²) in [5, 5.41) is 8.90. The van der Waals surface area contributed by atoms with Crippen molar-refractivity contribution in [3.63, 3.8) is 0 Å². The van der Waals surface area contributed by atoms with Crippen LogP contribution in [0.5, 0.6) is 0 Å². The van der Waals surface area contributed by atoms with Crippen molar-refractivity contribution in [2.45, 2.75) is 37.9 Å². The van der Waals surface area contributed by atoms with E-state index >= 15 is 0 Å². The number of aliphatic carboxylic acids is 1. The zero-order valence-electron chi connectivity index (χ0n) is 10.7. The van der Waals surface area contributed by atoms with Crippen LogP contribution in [0.4, 0.5) is 0 Å². The summed E-state index contributed by atoms with van der Waals surface area (Å²) in [6.45, 7) is 3.33. The Hall–Kier alpha value is -1.11. The van der Waals surface area contributed by atoms with Gasteiger partial charge in [0, 0.05) is 13.1 Å². The van der Waals surface area contributed by atoms with Crippen molar-refractivity contribution in [1.29, 1.82) is 0 Å². The molecular formula is C11H19NO5S. The van der Waals surface area contributed by atoms with Gasteiger partial charge in [-0.1, -0.05) is 0 Å². The normalized spacial score (nSPS) is 17.6. The molecule has 6 nitrogen and oxygen atoms in total. The van der Waals surface area contributed by atoms with Crippen LogP contribution in [-0.4, -0.2) is 53.9 Å². The SMILES string of the molecule is CC(C)(C(=O)O)S(=O)(=O)CC(=O)N1CCCCC1. The number of carbonyl (C=O) groups excluding carboxylic acids is 1. The Morgan fingerprint density at radius 3 is 2.11 bits per heavy atom. The van der Waals surface area contributed by atoms with E-state index < -0.39 is 32.2 Å². The van der Waals surface area contributed by atoms with Gasteiger partial charge >= 0.3 is 5.97 Å². The summed E-state index contributed by atoms with van der Waals surface area (Å²) in [4.78, 5) is 24.3. The van der Waals surface area contributed by atoms with Crippen molar-refractivity contribution in [3.8, 4) is 0 Å². The summed E-state index contributed by atoms with van der Waals surface area (Å²) < 4.78 is 21.9. The van der Waals surface area contributed by atoms with E-state index in [1.165, 1.54) is 4.90 Å². The molecule has 0 spiro atoms. The van der Waals surface area contributed by atoms with E-state index in [4.69, 9.17) is 5.11 Å². The molecule has 104 valence electrons. The average Bonchev–Trinajstić information content (AvgIpc) is 2.29. The standard InChI is InChI=1S/C11H19NO5S/c1-11(2,10(14)15)18(16,17)8-9(13)12-6-4-3-5-7-12/h3-8H2,1-2H3,(H,14,15). The number of rotatable bonds is 4. The van der Waals surface area contributed by atoms with Crippen LogP contribution in [0.25, 0.3) is 0 Å². The monoisotopic (exact) mass is 277 g/mol. The van der Waals surface area contributed by atoms with Crippen molar-refractivity contribution < 1.29 is 23.1 Å². The van der Waals surface area contributed by atoms with Gasteiger partial charge in [0.25, 0.3) is 0 Å². The number of hydrogen-bond acceptors (Lipinski definition) is 4. The van der Waals surface area contributed by atoms with E-state index in [2.05, 4.69) is 0 Å². The number of carbonyl (C=O) groups is 2. The van der Waals surface area contributed by atoms with Crippen molar-refractivity contribution >= 4 is 21.7 Å². The van der Waals surface area contributed by atoms with Crippen LogP contribution in [0, 0.1) is 0 Å². The molecule has 0 unspecified atom stereocenters. The predicted octanol–water partition coefficient (Wildman–Crippen LogP) is 0.277. The highest BCUT2D eigenvalue weighted by Gasteiger charge is 2.43. The molecule has 0 aromatic rings. The van der Waals surface area contributed by atoms with E-state index in [1.54, 1.807) is 0 Å². The Balaban J connectivity index is 2.77. The van der Waals surface area contributed by atoms with Crippen molar-refractivity contribution in [2.75, 3.05) is 18.8 Å². The second kappa shape index (κ2) is 5.26. The van der Waals surface area contributed by atoms with Gasteiger partial charge in [0.2, 0.25) is 5.91 Å². The van der Waals surface area contributed by atoms with E-state index in [-0.39, 0.29) is 0 Å². The lowest BCUT2D eigenvalue weighted by atomic mass is 10.1. The Bertz CT molecular complexity index is 434. The Morgan fingerprint density at radius 1 is 1.17 bits per heavy atom. The molecule has 1 heterocycles. The lowest BCUT2D eigenvalue weighted by Crippen LogP contribution is -2.47. The minimum Gasteiger partial charge on any atom is -0.480 e. The number of carboxylic acids is 1. The summed E-state index contributed by atoms with van der Waals surface area (Å²) in [6, 6.07) is 0.